The molecule has 3 aromatic carbocycles. The Kier molecular flexibility index (Phi) is 4.72. The Morgan fingerprint density at radius 3 is 2.07 bits per heavy atom. The van der Waals surface area contributed by atoms with Crippen molar-refractivity contribution in [3.8, 4) is 6.07 Å². The van der Waals surface area contributed by atoms with Gasteiger partial charge in [-0.25, -0.2) is 4.99 Å². The summed E-state index contributed by atoms with van der Waals surface area (Å²) in [6.07, 6.45) is -0.0838. The Bertz CT molecular complexity index is 972. The Balaban J connectivity index is 1.78. The van der Waals surface area contributed by atoms with Crippen LogP contribution in [0.4, 0.5) is 0 Å². The molecule has 27 heavy (non-hydrogen) atoms. The van der Waals surface area contributed by atoms with E-state index in [-0.39, 0.29) is 18.1 Å². The topological polar surface area (TPSA) is 45.4 Å². The highest BCUT2D eigenvalue weighted by Gasteiger charge is 2.35. The van der Waals surface area contributed by atoms with Crippen molar-refractivity contribution in [3.63, 3.8) is 0 Å². The van der Waals surface area contributed by atoms with Crippen LogP contribution >= 0.6 is 0 Å². The average molecular weight is 352 g/mol. The van der Waals surface area contributed by atoms with Crippen LogP contribution in [0.3, 0.4) is 0 Å². The average Bonchev–Trinajstić information content (AvgIpc) is 2.75. The third-order valence-electron chi connectivity index (χ3n) is 5.00. The van der Waals surface area contributed by atoms with Gasteiger partial charge in [-0.3, -0.25) is 0 Å². The highest BCUT2D eigenvalue weighted by atomic mass is 16.5. The van der Waals surface area contributed by atoms with Gasteiger partial charge < -0.3 is 4.74 Å². The molecule has 0 saturated heterocycles. The lowest BCUT2D eigenvalue weighted by molar-refractivity contribution is 0.0955. The number of nitriles is 1. The molecule has 0 spiro atoms. The van der Waals surface area contributed by atoms with Crippen LogP contribution in [0, 0.1) is 17.2 Å². The van der Waals surface area contributed by atoms with Gasteiger partial charge in [-0.2, -0.15) is 5.26 Å². The van der Waals surface area contributed by atoms with Crippen LogP contribution < -0.4 is 0 Å². The minimum atomic E-state index is -0.0838. The summed E-state index contributed by atoms with van der Waals surface area (Å²) in [7, 11) is 0. The first-order chi connectivity index (χ1) is 13.3. The Morgan fingerprint density at radius 1 is 0.815 bits per heavy atom. The predicted octanol–water partition coefficient (Wildman–Crippen LogP) is 5.45. The first-order valence-electron chi connectivity index (χ1n) is 9.11. The summed E-state index contributed by atoms with van der Waals surface area (Å²) in [5.74, 6) is 0.824. The lowest BCUT2D eigenvalue weighted by Crippen LogP contribution is -2.28. The van der Waals surface area contributed by atoms with Crippen molar-refractivity contribution in [2.75, 3.05) is 0 Å². The van der Waals surface area contributed by atoms with Crippen molar-refractivity contribution in [3.05, 3.63) is 107 Å². The van der Waals surface area contributed by atoms with Gasteiger partial charge in [-0.15, -0.1) is 0 Å². The Hall–Kier alpha value is -3.38. The van der Waals surface area contributed by atoms with Crippen molar-refractivity contribution < 1.29 is 4.74 Å². The van der Waals surface area contributed by atoms with E-state index < -0.39 is 0 Å². The molecule has 3 heteroatoms. The molecule has 4 rings (SSSR count). The highest BCUT2D eigenvalue weighted by molar-refractivity contribution is 5.94. The van der Waals surface area contributed by atoms with Gasteiger partial charge in [0.2, 0.25) is 5.90 Å². The number of aliphatic imine (C=N–C) groups is 1. The minimum absolute atomic E-state index is 0.0353. The zero-order valence-electron chi connectivity index (χ0n) is 15.1. The van der Waals surface area contributed by atoms with Crippen LogP contribution in [0.5, 0.6) is 0 Å². The van der Waals surface area contributed by atoms with Gasteiger partial charge in [0.1, 0.15) is 6.10 Å². The zero-order chi connectivity index (χ0) is 18.6. The van der Waals surface area contributed by atoms with Gasteiger partial charge >= 0.3 is 0 Å². The lowest BCUT2D eigenvalue weighted by atomic mass is 9.85. The molecule has 1 heterocycles. The Morgan fingerprint density at radius 2 is 1.44 bits per heavy atom. The fourth-order valence-corrected chi connectivity index (χ4v) is 3.54. The van der Waals surface area contributed by atoms with Crippen molar-refractivity contribution >= 4 is 5.90 Å². The van der Waals surface area contributed by atoms with Gasteiger partial charge in [-0.05, 0) is 35.4 Å². The molecule has 0 fully saturated rings. The number of ether oxygens (including phenoxy) is 1. The number of benzene rings is 3. The summed E-state index contributed by atoms with van der Waals surface area (Å²) >= 11 is 0. The first-order valence-corrected chi connectivity index (χ1v) is 9.11. The second-order valence-corrected chi connectivity index (χ2v) is 6.79. The second-order valence-electron chi connectivity index (χ2n) is 6.79. The monoisotopic (exact) mass is 352 g/mol. The summed E-state index contributed by atoms with van der Waals surface area (Å²) in [6, 6.07) is 30.2. The van der Waals surface area contributed by atoms with E-state index in [1.165, 1.54) is 0 Å². The van der Waals surface area contributed by atoms with Crippen LogP contribution in [0.25, 0.3) is 0 Å². The first kappa shape index (κ1) is 17.1. The third kappa shape index (κ3) is 3.47. The molecular formula is C24H20N2O. The maximum absolute atomic E-state index is 9.07. The van der Waals surface area contributed by atoms with E-state index in [0.717, 1.165) is 16.7 Å². The van der Waals surface area contributed by atoms with E-state index in [0.29, 0.717) is 11.5 Å². The van der Waals surface area contributed by atoms with Gasteiger partial charge in [0.05, 0.1) is 17.7 Å². The molecule has 0 aromatic heterocycles. The second kappa shape index (κ2) is 7.47. The molecule has 0 bridgehead atoms. The van der Waals surface area contributed by atoms with Crippen molar-refractivity contribution in [1.82, 2.24) is 0 Å². The number of rotatable bonds is 3. The molecule has 0 saturated carbocycles. The fraction of sp³-hybridized carbons (Fsp3) is 0.167. The summed E-state index contributed by atoms with van der Waals surface area (Å²) in [5.41, 5.74) is 3.88. The van der Waals surface area contributed by atoms with Crippen LogP contribution in [-0.2, 0) is 4.74 Å². The summed E-state index contributed by atoms with van der Waals surface area (Å²) < 4.78 is 6.37. The minimum Gasteiger partial charge on any atom is -0.469 e. The number of hydrogen-bond donors (Lipinski definition) is 0. The SMILES string of the molecule is CC1C(c2ccc(C#N)cc2)N=C(c2ccccc2)OC1c1ccccc1. The molecule has 0 aliphatic carbocycles. The van der Waals surface area contributed by atoms with E-state index in [2.05, 4.69) is 25.1 Å². The summed E-state index contributed by atoms with van der Waals surface area (Å²) in [5, 5.41) is 9.07. The lowest BCUT2D eigenvalue weighted by Gasteiger charge is -2.35. The third-order valence-corrected chi connectivity index (χ3v) is 5.00. The van der Waals surface area contributed by atoms with Crippen LogP contribution in [0.15, 0.2) is 89.9 Å². The molecule has 1 aliphatic rings. The van der Waals surface area contributed by atoms with E-state index >= 15 is 0 Å². The van der Waals surface area contributed by atoms with E-state index in [1.807, 2.05) is 72.8 Å². The smallest absolute Gasteiger partial charge is 0.217 e. The normalized spacial score (nSPS) is 21.6. The molecule has 3 aromatic rings. The van der Waals surface area contributed by atoms with Crippen molar-refractivity contribution in [1.29, 1.82) is 5.26 Å². The van der Waals surface area contributed by atoms with Gasteiger partial charge in [0.15, 0.2) is 0 Å². The zero-order valence-corrected chi connectivity index (χ0v) is 15.1. The van der Waals surface area contributed by atoms with Crippen molar-refractivity contribution in [2.45, 2.75) is 19.1 Å². The fourth-order valence-electron chi connectivity index (χ4n) is 3.54. The highest BCUT2D eigenvalue weighted by Crippen LogP contribution is 2.42. The molecule has 3 atom stereocenters. The van der Waals surface area contributed by atoms with E-state index in [9.17, 15) is 0 Å². The molecule has 0 radical (unpaired) electrons. The summed E-state index contributed by atoms with van der Waals surface area (Å²) in [4.78, 5) is 4.95. The summed E-state index contributed by atoms with van der Waals surface area (Å²) in [6.45, 7) is 2.17. The van der Waals surface area contributed by atoms with Crippen molar-refractivity contribution in [2.24, 2.45) is 10.9 Å². The van der Waals surface area contributed by atoms with Crippen LogP contribution in [0.2, 0.25) is 0 Å². The molecule has 0 N–H and O–H groups in total. The number of hydrogen-bond acceptors (Lipinski definition) is 3. The van der Waals surface area contributed by atoms with Gasteiger partial charge in [-0.1, -0.05) is 67.6 Å². The molecule has 0 amide bonds. The standard InChI is InChI=1S/C24H20N2O/c1-17-22(19-14-12-18(16-25)13-15-19)26-24(21-10-6-3-7-11-21)27-23(17)20-8-4-2-5-9-20/h2-15,17,22-23H,1H3. The predicted molar refractivity (Wildman–Crippen MR) is 106 cm³/mol. The van der Waals surface area contributed by atoms with Gasteiger partial charge in [0.25, 0.3) is 0 Å². The van der Waals surface area contributed by atoms with Crippen LogP contribution in [-0.4, -0.2) is 5.90 Å². The molecule has 1 aliphatic heterocycles. The van der Waals surface area contributed by atoms with E-state index in [1.54, 1.807) is 0 Å². The molecule has 3 nitrogen and oxygen atoms in total. The Labute approximate surface area is 159 Å². The molecule has 132 valence electrons. The molecular weight excluding hydrogens is 332 g/mol. The van der Waals surface area contributed by atoms with Gasteiger partial charge in [0, 0.05) is 11.5 Å². The van der Waals surface area contributed by atoms with E-state index in [4.69, 9.17) is 15.0 Å². The largest absolute Gasteiger partial charge is 0.469 e. The quantitative estimate of drug-likeness (QED) is 0.629. The number of nitrogens with zero attached hydrogens (tertiary/aromatic N) is 2. The maximum Gasteiger partial charge on any atom is 0.217 e. The molecule has 3 unspecified atom stereocenters. The maximum atomic E-state index is 9.07. The van der Waals surface area contributed by atoms with Crippen LogP contribution in [0.1, 0.15) is 41.3 Å².